The molecule has 1 aromatic rings. The van der Waals surface area contributed by atoms with Gasteiger partial charge in [-0.1, -0.05) is 6.92 Å². The summed E-state index contributed by atoms with van der Waals surface area (Å²) in [7, 11) is 0. The zero-order valence-corrected chi connectivity index (χ0v) is 16.6. The summed E-state index contributed by atoms with van der Waals surface area (Å²) in [6.07, 6.45) is 3.62. The fourth-order valence-corrected chi connectivity index (χ4v) is 3.44. The molecule has 1 aromatic heterocycles. The van der Waals surface area contributed by atoms with Gasteiger partial charge in [0.05, 0.1) is 30.8 Å². The van der Waals surface area contributed by atoms with Gasteiger partial charge in [0.25, 0.3) is 0 Å². The molecule has 0 unspecified atom stereocenters. The molecule has 148 valence electrons. The van der Waals surface area contributed by atoms with Crippen LogP contribution in [0.15, 0.2) is 12.3 Å². The summed E-state index contributed by atoms with van der Waals surface area (Å²) in [6, 6.07) is 1.83. The van der Waals surface area contributed by atoms with Gasteiger partial charge in [0.2, 0.25) is 0 Å². The van der Waals surface area contributed by atoms with Crippen LogP contribution in [0.25, 0.3) is 0 Å². The average molecular weight is 375 g/mol. The number of pyridine rings is 1. The summed E-state index contributed by atoms with van der Waals surface area (Å²) in [5.74, 6) is -0.114. The molecule has 0 radical (unpaired) electrons. The molecule has 0 aliphatic carbocycles. The van der Waals surface area contributed by atoms with Crippen molar-refractivity contribution in [3.63, 3.8) is 0 Å². The zero-order chi connectivity index (χ0) is 19.7. The first-order valence-electron chi connectivity index (χ1n) is 9.57. The number of carbonyl (C=O) groups excluding carboxylic acids is 2. The smallest absolute Gasteiger partial charge is 0.412 e. The highest BCUT2D eigenvalue weighted by atomic mass is 16.6. The molecule has 0 atom stereocenters. The molecule has 2 saturated heterocycles. The number of nitrogens with one attached hydrogen (secondary N) is 1. The van der Waals surface area contributed by atoms with E-state index >= 15 is 0 Å². The number of piperidine rings is 1. The molecule has 3 rings (SSSR count). The highest BCUT2D eigenvalue weighted by Gasteiger charge is 2.41. The van der Waals surface area contributed by atoms with E-state index in [4.69, 9.17) is 9.47 Å². The van der Waals surface area contributed by atoms with E-state index in [1.807, 2.05) is 6.07 Å². The van der Waals surface area contributed by atoms with Crippen molar-refractivity contribution >= 4 is 23.3 Å². The Balaban J connectivity index is 1.78. The first-order valence-corrected chi connectivity index (χ1v) is 9.57. The molecule has 27 heavy (non-hydrogen) atoms. The van der Waals surface area contributed by atoms with Crippen LogP contribution in [0.4, 0.5) is 16.2 Å². The Kier molecular flexibility index (Phi) is 5.42. The molecule has 1 N–H and O–H groups in total. The predicted octanol–water partition coefficient (Wildman–Crippen LogP) is 3.64. The van der Waals surface area contributed by atoms with Crippen molar-refractivity contribution in [2.24, 2.45) is 5.41 Å². The second-order valence-electron chi connectivity index (χ2n) is 8.47. The van der Waals surface area contributed by atoms with Crippen LogP contribution in [0.1, 0.15) is 57.4 Å². The minimum absolute atomic E-state index is 0.114. The van der Waals surface area contributed by atoms with Crippen LogP contribution >= 0.6 is 0 Å². The molecule has 1 spiro atoms. The Bertz CT molecular complexity index is 712. The quantitative estimate of drug-likeness (QED) is 0.809. The maximum absolute atomic E-state index is 12.2. The summed E-state index contributed by atoms with van der Waals surface area (Å²) in [6.45, 7) is 10.7. The number of nitrogens with zero attached hydrogens (tertiary/aromatic N) is 2. The average Bonchev–Trinajstić information content (AvgIpc) is 2.58. The maximum atomic E-state index is 12.2. The first kappa shape index (κ1) is 19.6. The molecular formula is C20H29N3O4. The van der Waals surface area contributed by atoms with E-state index in [0.29, 0.717) is 17.5 Å². The molecule has 2 aliphatic rings. The molecule has 1 amide bonds. The highest BCUT2D eigenvalue weighted by Crippen LogP contribution is 2.39. The van der Waals surface area contributed by atoms with Gasteiger partial charge in [-0.25, -0.2) is 9.78 Å². The van der Waals surface area contributed by atoms with E-state index in [9.17, 15) is 9.59 Å². The van der Waals surface area contributed by atoms with Gasteiger partial charge in [0, 0.05) is 24.9 Å². The number of hydrogen-bond acceptors (Lipinski definition) is 6. The van der Waals surface area contributed by atoms with Crippen LogP contribution in [0.5, 0.6) is 0 Å². The van der Waals surface area contributed by atoms with Crippen molar-refractivity contribution in [2.45, 2.75) is 52.6 Å². The van der Waals surface area contributed by atoms with E-state index in [0.717, 1.165) is 44.8 Å². The standard InChI is InChI=1S/C20H29N3O4/c1-5-16(24)17-15(22-18(25)27-19(2,3)4)10-14(11-21-17)23-8-6-20(7-9-23)12-26-13-20/h10-11H,5-9,12-13H2,1-4H3,(H,22,25). The van der Waals surface area contributed by atoms with Gasteiger partial charge in [0.1, 0.15) is 11.3 Å². The number of carbonyl (C=O) groups is 2. The van der Waals surface area contributed by atoms with Crippen LogP contribution in [0.2, 0.25) is 0 Å². The Morgan fingerprint density at radius 3 is 2.48 bits per heavy atom. The molecule has 2 aliphatic heterocycles. The van der Waals surface area contributed by atoms with Crippen molar-refractivity contribution in [3.8, 4) is 0 Å². The Morgan fingerprint density at radius 2 is 1.96 bits per heavy atom. The van der Waals surface area contributed by atoms with Gasteiger partial charge < -0.3 is 14.4 Å². The second kappa shape index (κ2) is 7.46. The van der Waals surface area contributed by atoms with Gasteiger partial charge in [-0.05, 0) is 39.7 Å². The van der Waals surface area contributed by atoms with Crippen LogP contribution in [-0.4, -0.2) is 48.8 Å². The lowest BCUT2D eigenvalue weighted by molar-refractivity contribution is -0.124. The van der Waals surface area contributed by atoms with Crippen molar-refractivity contribution in [1.29, 1.82) is 0 Å². The minimum Gasteiger partial charge on any atom is -0.444 e. The number of amides is 1. The molecule has 7 nitrogen and oxygen atoms in total. The first-order chi connectivity index (χ1) is 12.7. The number of Topliss-reactive ketones (excluding diaryl/α,β-unsaturated/α-hetero) is 1. The van der Waals surface area contributed by atoms with E-state index in [-0.39, 0.29) is 11.5 Å². The van der Waals surface area contributed by atoms with Crippen molar-refractivity contribution in [3.05, 3.63) is 18.0 Å². The van der Waals surface area contributed by atoms with Gasteiger partial charge in [-0.15, -0.1) is 0 Å². The van der Waals surface area contributed by atoms with E-state index in [2.05, 4.69) is 15.2 Å². The van der Waals surface area contributed by atoms with Gasteiger partial charge in [-0.2, -0.15) is 0 Å². The molecule has 7 heteroatoms. The summed E-state index contributed by atoms with van der Waals surface area (Å²) in [5, 5.41) is 2.71. The normalized spacial score (nSPS) is 18.7. The second-order valence-corrected chi connectivity index (χ2v) is 8.47. The fraction of sp³-hybridized carbons (Fsp3) is 0.650. The molecule has 2 fully saturated rings. The molecule has 3 heterocycles. The monoisotopic (exact) mass is 375 g/mol. The van der Waals surface area contributed by atoms with Crippen LogP contribution in [0, 0.1) is 5.41 Å². The number of anilines is 2. The largest absolute Gasteiger partial charge is 0.444 e. The van der Waals surface area contributed by atoms with E-state index in [1.54, 1.807) is 33.9 Å². The predicted molar refractivity (Wildman–Crippen MR) is 103 cm³/mol. The van der Waals surface area contributed by atoms with Crippen molar-refractivity contribution in [2.75, 3.05) is 36.5 Å². The van der Waals surface area contributed by atoms with E-state index < -0.39 is 11.7 Å². The lowest BCUT2D eigenvalue weighted by atomic mass is 9.77. The highest BCUT2D eigenvalue weighted by molar-refractivity contribution is 6.02. The number of ether oxygens (including phenoxy) is 2. The number of aromatic nitrogens is 1. The Morgan fingerprint density at radius 1 is 1.30 bits per heavy atom. The molecule has 0 saturated carbocycles. The SMILES string of the molecule is CCC(=O)c1ncc(N2CCC3(CC2)COC3)cc1NC(=O)OC(C)(C)C. The lowest BCUT2D eigenvalue weighted by Gasteiger charge is -2.47. The van der Waals surface area contributed by atoms with Crippen LogP contribution < -0.4 is 10.2 Å². The summed E-state index contributed by atoms with van der Waals surface area (Å²) >= 11 is 0. The summed E-state index contributed by atoms with van der Waals surface area (Å²) in [4.78, 5) is 31.1. The maximum Gasteiger partial charge on any atom is 0.412 e. The van der Waals surface area contributed by atoms with Crippen LogP contribution in [-0.2, 0) is 9.47 Å². The third kappa shape index (κ3) is 4.58. The lowest BCUT2D eigenvalue weighted by Crippen LogP contribution is -2.51. The topological polar surface area (TPSA) is 80.8 Å². The van der Waals surface area contributed by atoms with Gasteiger partial charge in [0.15, 0.2) is 5.78 Å². The number of hydrogen-bond donors (Lipinski definition) is 1. The minimum atomic E-state index is -0.615. The fourth-order valence-electron chi connectivity index (χ4n) is 3.44. The third-order valence-corrected chi connectivity index (χ3v) is 5.10. The molecule has 0 bridgehead atoms. The van der Waals surface area contributed by atoms with Crippen LogP contribution in [0.3, 0.4) is 0 Å². The van der Waals surface area contributed by atoms with Crippen molar-refractivity contribution < 1.29 is 19.1 Å². The Labute approximate surface area is 160 Å². The van der Waals surface area contributed by atoms with Crippen molar-refractivity contribution in [1.82, 2.24) is 4.98 Å². The zero-order valence-electron chi connectivity index (χ0n) is 16.6. The summed E-state index contributed by atoms with van der Waals surface area (Å²) < 4.78 is 10.7. The van der Waals surface area contributed by atoms with Gasteiger partial charge in [-0.3, -0.25) is 10.1 Å². The summed E-state index contributed by atoms with van der Waals surface area (Å²) in [5.41, 5.74) is 1.31. The van der Waals surface area contributed by atoms with E-state index in [1.165, 1.54) is 0 Å². The number of ketones is 1. The number of rotatable bonds is 4. The Hall–Kier alpha value is -2.15. The van der Waals surface area contributed by atoms with Gasteiger partial charge >= 0.3 is 6.09 Å². The molecular weight excluding hydrogens is 346 g/mol. The molecule has 0 aromatic carbocycles. The third-order valence-electron chi connectivity index (χ3n) is 5.10.